The van der Waals surface area contributed by atoms with E-state index in [1.807, 2.05) is 24.3 Å². The molecule has 2 atom stereocenters. The lowest BCUT2D eigenvalue weighted by molar-refractivity contribution is -0.0612. The molecule has 0 radical (unpaired) electrons. The van der Waals surface area contributed by atoms with Crippen molar-refractivity contribution in [2.24, 2.45) is 5.92 Å². The minimum atomic E-state index is -0.448. The molecule has 1 aliphatic carbocycles. The maximum absolute atomic E-state index is 10.7. The standard InChI is InChI=1S/C16H20N2O/c17-11-13-5-1-2-7-15(13)18-10-9-16(19)8-4-3-6-14(16)12-18/h1-2,5,7,14,19H,3-4,6,8-10,12H2. The Hall–Kier alpha value is -1.53. The molecule has 0 aromatic heterocycles. The van der Waals surface area contributed by atoms with Gasteiger partial charge in [0.05, 0.1) is 16.9 Å². The first-order chi connectivity index (χ1) is 9.23. The molecule has 2 fully saturated rings. The molecule has 0 amide bonds. The van der Waals surface area contributed by atoms with E-state index in [2.05, 4.69) is 11.0 Å². The summed E-state index contributed by atoms with van der Waals surface area (Å²) in [5.41, 5.74) is 1.32. The van der Waals surface area contributed by atoms with Crippen molar-refractivity contribution < 1.29 is 5.11 Å². The summed E-state index contributed by atoms with van der Waals surface area (Å²) in [6.45, 7) is 1.74. The van der Waals surface area contributed by atoms with Crippen LogP contribution in [0.15, 0.2) is 24.3 Å². The molecule has 2 unspecified atom stereocenters. The molecule has 1 aliphatic heterocycles. The minimum absolute atomic E-state index is 0.363. The van der Waals surface area contributed by atoms with Crippen molar-refractivity contribution in [2.75, 3.05) is 18.0 Å². The predicted octanol–water partition coefficient (Wildman–Crippen LogP) is 2.69. The lowest BCUT2D eigenvalue weighted by Crippen LogP contribution is -2.53. The number of aliphatic hydroxyl groups is 1. The second-order valence-electron chi connectivity index (χ2n) is 5.87. The number of para-hydroxylation sites is 1. The van der Waals surface area contributed by atoms with E-state index < -0.39 is 5.60 Å². The van der Waals surface area contributed by atoms with E-state index in [0.29, 0.717) is 5.92 Å². The molecule has 1 saturated carbocycles. The van der Waals surface area contributed by atoms with E-state index >= 15 is 0 Å². The fourth-order valence-electron chi connectivity index (χ4n) is 3.63. The number of nitrogens with zero attached hydrogens (tertiary/aromatic N) is 2. The molecular formula is C16H20N2O. The summed E-state index contributed by atoms with van der Waals surface area (Å²) in [6.07, 6.45) is 5.27. The number of rotatable bonds is 1. The zero-order chi connectivity index (χ0) is 13.3. The summed E-state index contributed by atoms with van der Waals surface area (Å²) in [6, 6.07) is 10.1. The number of anilines is 1. The van der Waals surface area contributed by atoms with Crippen LogP contribution in [0.1, 0.15) is 37.7 Å². The molecule has 1 saturated heterocycles. The average molecular weight is 256 g/mol. The largest absolute Gasteiger partial charge is 0.389 e. The Morgan fingerprint density at radius 3 is 2.95 bits per heavy atom. The Kier molecular flexibility index (Phi) is 3.20. The molecule has 100 valence electrons. The maximum Gasteiger partial charge on any atom is 0.101 e. The molecule has 1 N–H and O–H groups in total. The van der Waals surface area contributed by atoms with Crippen LogP contribution in [0.2, 0.25) is 0 Å². The normalized spacial score (nSPS) is 30.5. The second kappa shape index (κ2) is 4.86. The van der Waals surface area contributed by atoms with Crippen molar-refractivity contribution in [3.63, 3.8) is 0 Å². The molecule has 1 heterocycles. The highest BCUT2D eigenvalue weighted by atomic mass is 16.3. The number of hydrogen-bond donors (Lipinski definition) is 1. The highest BCUT2D eigenvalue weighted by Crippen LogP contribution is 2.41. The summed E-state index contributed by atoms with van der Waals surface area (Å²) >= 11 is 0. The Bertz CT molecular complexity index is 508. The average Bonchev–Trinajstić information content (AvgIpc) is 2.46. The van der Waals surface area contributed by atoms with Gasteiger partial charge in [-0.1, -0.05) is 25.0 Å². The molecule has 3 rings (SSSR count). The molecule has 1 aromatic rings. The molecular weight excluding hydrogens is 236 g/mol. The first kappa shape index (κ1) is 12.5. The molecule has 0 spiro atoms. The highest BCUT2D eigenvalue weighted by molar-refractivity contribution is 5.59. The number of hydrogen-bond acceptors (Lipinski definition) is 3. The predicted molar refractivity (Wildman–Crippen MR) is 74.9 cm³/mol. The van der Waals surface area contributed by atoms with Gasteiger partial charge in [0.15, 0.2) is 0 Å². The van der Waals surface area contributed by atoms with Gasteiger partial charge in [0.2, 0.25) is 0 Å². The summed E-state index contributed by atoms with van der Waals surface area (Å²) < 4.78 is 0. The van der Waals surface area contributed by atoms with E-state index in [1.165, 1.54) is 6.42 Å². The number of piperidine rings is 1. The third kappa shape index (κ3) is 2.21. The summed E-state index contributed by atoms with van der Waals surface area (Å²) in [5.74, 6) is 0.363. The van der Waals surface area contributed by atoms with Gasteiger partial charge in [-0.15, -0.1) is 0 Å². The van der Waals surface area contributed by atoms with E-state index in [4.69, 9.17) is 0 Å². The van der Waals surface area contributed by atoms with Crippen LogP contribution in [0, 0.1) is 17.2 Å². The first-order valence-corrected chi connectivity index (χ1v) is 7.19. The van der Waals surface area contributed by atoms with Crippen LogP contribution in [0.4, 0.5) is 5.69 Å². The van der Waals surface area contributed by atoms with Crippen molar-refractivity contribution in [3.8, 4) is 6.07 Å². The van der Waals surface area contributed by atoms with Crippen LogP contribution in [0.3, 0.4) is 0 Å². The lowest BCUT2D eigenvalue weighted by Gasteiger charge is -2.48. The Labute approximate surface area is 114 Å². The van der Waals surface area contributed by atoms with Gasteiger partial charge in [-0.2, -0.15) is 5.26 Å². The van der Waals surface area contributed by atoms with E-state index in [1.54, 1.807) is 0 Å². The fourth-order valence-corrected chi connectivity index (χ4v) is 3.63. The summed E-state index contributed by atoms with van der Waals surface area (Å²) in [4.78, 5) is 2.28. The number of fused-ring (bicyclic) bond motifs is 1. The van der Waals surface area contributed by atoms with E-state index in [9.17, 15) is 10.4 Å². The Morgan fingerprint density at radius 1 is 1.26 bits per heavy atom. The number of nitriles is 1. The van der Waals surface area contributed by atoms with Crippen LogP contribution >= 0.6 is 0 Å². The monoisotopic (exact) mass is 256 g/mol. The van der Waals surface area contributed by atoms with Crippen LogP contribution in [0.25, 0.3) is 0 Å². The van der Waals surface area contributed by atoms with Crippen molar-refractivity contribution in [1.82, 2.24) is 0 Å². The van der Waals surface area contributed by atoms with Gasteiger partial charge in [-0.3, -0.25) is 0 Å². The molecule has 3 nitrogen and oxygen atoms in total. The molecule has 0 bridgehead atoms. The highest BCUT2D eigenvalue weighted by Gasteiger charge is 2.42. The van der Waals surface area contributed by atoms with Crippen molar-refractivity contribution in [3.05, 3.63) is 29.8 Å². The van der Waals surface area contributed by atoms with E-state index in [-0.39, 0.29) is 0 Å². The Balaban J connectivity index is 1.83. The zero-order valence-electron chi connectivity index (χ0n) is 11.2. The zero-order valence-corrected chi connectivity index (χ0v) is 11.2. The third-order valence-corrected chi connectivity index (χ3v) is 4.79. The van der Waals surface area contributed by atoms with Gasteiger partial charge >= 0.3 is 0 Å². The van der Waals surface area contributed by atoms with Gasteiger partial charge < -0.3 is 10.0 Å². The topological polar surface area (TPSA) is 47.3 Å². The van der Waals surface area contributed by atoms with Crippen LogP contribution in [-0.2, 0) is 0 Å². The SMILES string of the molecule is N#Cc1ccccc1N1CCC2(O)CCCCC2C1. The molecule has 1 aromatic carbocycles. The van der Waals surface area contributed by atoms with Gasteiger partial charge in [0, 0.05) is 19.0 Å². The van der Waals surface area contributed by atoms with Crippen molar-refractivity contribution >= 4 is 5.69 Å². The second-order valence-corrected chi connectivity index (χ2v) is 5.87. The van der Waals surface area contributed by atoms with Gasteiger partial charge in [0.25, 0.3) is 0 Å². The van der Waals surface area contributed by atoms with Gasteiger partial charge in [0.1, 0.15) is 6.07 Å². The van der Waals surface area contributed by atoms with Gasteiger partial charge in [-0.25, -0.2) is 0 Å². The summed E-state index contributed by atoms with van der Waals surface area (Å²) in [5, 5.41) is 19.9. The molecule has 3 heteroatoms. The number of benzene rings is 1. The molecule has 19 heavy (non-hydrogen) atoms. The molecule has 2 aliphatic rings. The van der Waals surface area contributed by atoms with Crippen LogP contribution in [-0.4, -0.2) is 23.8 Å². The first-order valence-electron chi connectivity index (χ1n) is 7.19. The van der Waals surface area contributed by atoms with E-state index in [0.717, 1.165) is 50.0 Å². The van der Waals surface area contributed by atoms with Crippen molar-refractivity contribution in [2.45, 2.75) is 37.7 Å². The minimum Gasteiger partial charge on any atom is -0.389 e. The van der Waals surface area contributed by atoms with Gasteiger partial charge in [-0.05, 0) is 31.4 Å². The fraction of sp³-hybridized carbons (Fsp3) is 0.562. The quantitative estimate of drug-likeness (QED) is 0.840. The lowest BCUT2D eigenvalue weighted by atomic mass is 9.71. The third-order valence-electron chi connectivity index (χ3n) is 4.79. The van der Waals surface area contributed by atoms with Crippen LogP contribution < -0.4 is 4.90 Å². The maximum atomic E-state index is 10.7. The smallest absolute Gasteiger partial charge is 0.101 e. The summed E-state index contributed by atoms with van der Waals surface area (Å²) in [7, 11) is 0. The Morgan fingerprint density at radius 2 is 2.11 bits per heavy atom. The van der Waals surface area contributed by atoms with Crippen LogP contribution in [0.5, 0.6) is 0 Å². The van der Waals surface area contributed by atoms with Crippen molar-refractivity contribution in [1.29, 1.82) is 5.26 Å².